The molecule has 1 heterocycles. The van der Waals surface area contributed by atoms with Crippen LogP contribution in [0.3, 0.4) is 0 Å². The standard InChI is InChI=1S/C22H30N2O4/c1-13-8-19-17(18(13)11-23-22(26)14-4-5-14)10-21(25)24(19)12-15-6-7-16(27-2)9-20(15)28-3/h6-7,9,13-14,17-19H,4-5,8,10-12H2,1-3H3,(H,23,26)/t13-,17-,18+,19+/m0/s1. The Hall–Kier alpha value is -2.24. The van der Waals surface area contributed by atoms with E-state index in [4.69, 9.17) is 9.47 Å². The van der Waals surface area contributed by atoms with Crippen LogP contribution in [0.2, 0.25) is 0 Å². The maximum absolute atomic E-state index is 12.8. The molecule has 4 rings (SSSR count). The van der Waals surface area contributed by atoms with Gasteiger partial charge in [0.15, 0.2) is 0 Å². The zero-order chi connectivity index (χ0) is 19.8. The van der Waals surface area contributed by atoms with Crippen molar-refractivity contribution in [1.29, 1.82) is 0 Å². The van der Waals surface area contributed by atoms with E-state index in [1.807, 2.05) is 23.1 Å². The Labute approximate surface area is 166 Å². The highest BCUT2D eigenvalue weighted by Crippen LogP contribution is 2.46. The molecule has 1 aromatic rings. The largest absolute Gasteiger partial charge is 0.497 e. The maximum atomic E-state index is 12.8. The first kappa shape index (κ1) is 19.1. The van der Waals surface area contributed by atoms with Gasteiger partial charge in [0.2, 0.25) is 11.8 Å². The van der Waals surface area contributed by atoms with Crippen molar-refractivity contribution in [1.82, 2.24) is 10.2 Å². The van der Waals surface area contributed by atoms with Crippen molar-refractivity contribution in [3.8, 4) is 11.5 Å². The Kier molecular flexibility index (Phi) is 5.21. The van der Waals surface area contributed by atoms with E-state index in [0.29, 0.717) is 37.3 Å². The Balaban J connectivity index is 1.45. The van der Waals surface area contributed by atoms with Crippen LogP contribution in [0.5, 0.6) is 11.5 Å². The van der Waals surface area contributed by atoms with Gasteiger partial charge in [-0.15, -0.1) is 0 Å². The Morgan fingerprint density at radius 2 is 2.04 bits per heavy atom. The van der Waals surface area contributed by atoms with Crippen LogP contribution in [-0.2, 0) is 16.1 Å². The number of amides is 2. The molecule has 152 valence electrons. The molecule has 2 saturated carbocycles. The minimum absolute atomic E-state index is 0.194. The van der Waals surface area contributed by atoms with Gasteiger partial charge in [-0.05, 0) is 49.1 Å². The van der Waals surface area contributed by atoms with Crippen molar-refractivity contribution in [2.75, 3.05) is 20.8 Å². The van der Waals surface area contributed by atoms with Crippen LogP contribution >= 0.6 is 0 Å². The number of rotatable bonds is 7. The molecule has 0 radical (unpaired) electrons. The fourth-order valence-electron chi connectivity index (χ4n) is 5.02. The van der Waals surface area contributed by atoms with E-state index >= 15 is 0 Å². The number of ether oxygens (including phenoxy) is 2. The lowest BCUT2D eigenvalue weighted by Gasteiger charge is -2.25. The van der Waals surface area contributed by atoms with E-state index in [1.54, 1.807) is 14.2 Å². The van der Waals surface area contributed by atoms with Gasteiger partial charge < -0.3 is 19.7 Å². The van der Waals surface area contributed by atoms with Crippen LogP contribution in [0.1, 0.15) is 38.2 Å². The van der Waals surface area contributed by atoms with E-state index in [0.717, 1.165) is 36.3 Å². The predicted octanol–water partition coefficient (Wildman–Crippen LogP) is 2.60. The number of benzene rings is 1. The molecular formula is C22H30N2O4. The van der Waals surface area contributed by atoms with Crippen LogP contribution in [0, 0.1) is 23.7 Å². The van der Waals surface area contributed by atoms with Crippen molar-refractivity contribution in [3.63, 3.8) is 0 Å². The molecule has 0 bridgehead atoms. The van der Waals surface area contributed by atoms with Crippen molar-refractivity contribution in [2.45, 2.75) is 45.2 Å². The molecular weight excluding hydrogens is 356 g/mol. The average molecular weight is 386 g/mol. The van der Waals surface area contributed by atoms with Gasteiger partial charge in [-0.3, -0.25) is 9.59 Å². The minimum atomic E-state index is 0.194. The highest BCUT2D eigenvalue weighted by molar-refractivity contribution is 5.81. The average Bonchev–Trinajstić information content (AvgIpc) is 3.45. The molecule has 1 saturated heterocycles. The lowest BCUT2D eigenvalue weighted by molar-refractivity contribution is -0.129. The molecule has 28 heavy (non-hydrogen) atoms. The Bertz CT molecular complexity index is 761. The molecule has 3 fully saturated rings. The van der Waals surface area contributed by atoms with Crippen molar-refractivity contribution in [3.05, 3.63) is 23.8 Å². The summed E-state index contributed by atoms with van der Waals surface area (Å²) >= 11 is 0. The van der Waals surface area contributed by atoms with Crippen LogP contribution in [0.25, 0.3) is 0 Å². The van der Waals surface area contributed by atoms with E-state index in [2.05, 4.69) is 12.2 Å². The monoisotopic (exact) mass is 386 g/mol. The number of hydrogen-bond donors (Lipinski definition) is 1. The zero-order valence-electron chi connectivity index (χ0n) is 16.9. The summed E-state index contributed by atoms with van der Waals surface area (Å²) < 4.78 is 10.8. The predicted molar refractivity (Wildman–Crippen MR) is 105 cm³/mol. The maximum Gasteiger partial charge on any atom is 0.223 e. The summed E-state index contributed by atoms with van der Waals surface area (Å²) in [5, 5.41) is 3.14. The Morgan fingerprint density at radius 3 is 2.71 bits per heavy atom. The number of nitrogens with zero attached hydrogens (tertiary/aromatic N) is 1. The normalized spacial score (nSPS) is 29.0. The summed E-state index contributed by atoms with van der Waals surface area (Å²) in [6.07, 6.45) is 3.62. The van der Waals surface area contributed by atoms with Gasteiger partial charge in [-0.25, -0.2) is 0 Å². The van der Waals surface area contributed by atoms with Crippen LogP contribution < -0.4 is 14.8 Å². The van der Waals surface area contributed by atoms with Crippen molar-refractivity contribution in [2.24, 2.45) is 23.7 Å². The molecule has 1 aromatic carbocycles. The third-order valence-electron chi connectivity index (χ3n) is 6.81. The highest BCUT2D eigenvalue weighted by atomic mass is 16.5. The molecule has 0 spiro atoms. The van der Waals surface area contributed by atoms with E-state index < -0.39 is 0 Å². The number of methoxy groups -OCH3 is 2. The number of likely N-dealkylation sites (tertiary alicyclic amines) is 1. The molecule has 1 N–H and O–H groups in total. The lowest BCUT2D eigenvalue weighted by atomic mass is 9.88. The van der Waals surface area contributed by atoms with Gasteiger partial charge in [0.25, 0.3) is 0 Å². The third-order valence-corrected chi connectivity index (χ3v) is 6.81. The van der Waals surface area contributed by atoms with Crippen molar-refractivity contribution >= 4 is 11.8 Å². The summed E-state index contributed by atoms with van der Waals surface area (Å²) in [6.45, 7) is 3.51. The number of carbonyl (C=O) groups is 2. The fourth-order valence-corrected chi connectivity index (χ4v) is 5.02. The summed E-state index contributed by atoms with van der Waals surface area (Å²) in [6, 6.07) is 5.99. The van der Waals surface area contributed by atoms with Crippen LogP contribution in [0.4, 0.5) is 0 Å². The van der Waals surface area contributed by atoms with Gasteiger partial charge in [0.05, 0.1) is 14.2 Å². The number of nitrogens with one attached hydrogen (secondary N) is 1. The second kappa shape index (κ2) is 7.64. The number of fused-ring (bicyclic) bond motifs is 1. The van der Waals surface area contributed by atoms with Gasteiger partial charge in [0, 0.05) is 43.1 Å². The second-order valence-corrected chi connectivity index (χ2v) is 8.53. The fraction of sp³-hybridized carbons (Fsp3) is 0.636. The number of carbonyl (C=O) groups excluding carboxylic acids is 2. The third kappa shape index (κ3) is 3.56. The van der Waals surface area contributed by atoms with Gasteiger partial charge >= 0.3 is 0 Å². The molecule has 2 aliphatic carbocycles. The van der Waals surface area contributed by atoms with E-state index in [-0.39, 0.29) is 23.8 Å². The molecule has 6 nitrogen and oxygen atoms in total. The molecule has 2 amide bonds. The molecule has 0 unspecified atom stereocenters. The van der Waals surface area contributed by atoms with E-state index in [1.165, 1.54) is 0 Å². The zero-order valence-corrected chi connectivity index (χ0v) is 16.9. The summed E-state index contributed by atoms with van der Waals surface area (Å²) in [7, 11) is 3.27. The van der Waals surface area contributed by atoms with Crippen LogP contribution in [0.15, 0.2) is 18.2 Å². The molecule has 1 aliphatic heterocycles. The first-order valence-corrected chi connectivity index (χ1v) is 10.3. The van der Waals surface area contributed by atoms with Gasteiger partial charge in [-0.1, -0.05) is 6.92 Å². The van der Waals surface area contributed by atoms with Gasteiger partial charge in [-0.2, -0.15) is 0 Å². The summed E-state index contributed by atoms with van der Waals surface area (Å²) in [5.74, 6) is 3.32. The first-order chi connectivity index (χ1) is 13.5. The summed E-state index contributed by atoms with van der Waals surface area (Å²) in [4.78, 5) is 26.9. The Morgan fingerprint density at radius 1 is 1.25 bits per heavy atom. The second-order valence-electron chi connectivity index (χ2n) is 8.53. The van der Waals surface area contributed by atoms with Gasteiger partial charge in [0.1, 0.15) is 11.5 Å². The smallest absolute Gasteiger partial charge is 0.223 e. The number of hydrogen-bond acceptors (Lipinski definition) is 4. The quantitative estimate of drug-likeness (QED) is 0.782. The lowest BCUT2D eigenvalue weighted by Crippen LogP contribution is -2.35. The minimum Gasteiger partial charge on any atom is -0.497 e. The van der Waals surface area contributed by atoms with E-state index in [9.17, 15) is 9.59 Å². The molecule has 4 atom stereocenters. The first-order valence-electron chi connectivity index (χ1n) is 10.3. The summed E-state index contributed by atoms with van der Waals surface area (Å²) in [5.41, 5.74) is 0.996. The molecule has 3 aliphatic rings. The SMILES string of the molecule is COc1ccc(CN2C(=O)C[C@H]3[C@H](CNC(=O)C4CC4)[C@@H](C)C[C@H]32)c(OC)c1. The van der Waals surface area contributed by atoms with Crippen LogP contribution in [-0.4, -0.2) is 43.5 Å². The van der Waals surface area contributed by atoms with Crippen molar-refractivity contribution < 1.29 is 19.1 Å². The topological polar surface area (TPSA) is 67.9 Å². The highest BCUT2D eigenvalue weighted by Gasteiger charge is 2.50. The molecule has 6 heteroatoms. The molecule has 0 aromatic heterocycles.